The lowest BCUT2D eigenvalue weighted by atomic mass is 10.1. The first kappa shape index (κ1) is 5.66. The van der Waals surface area contributed by atoms with Crippen LogP contribution in [0, 0.1) is 0 Å². The molecular weight excluding hydrogens is 117 g/mol. The highest BCUT2D eigenvalue weighted by Gasteiger charge is 2.36. The first-order valence-electron chi connectivity index (χ1n) is 3.76. The molecule has 0 aliphatic carbocycles. The Hall–Kier alpha value is -0.110. The van der Waals surface area contributed by atoms with Crippen LogP contribution in [0.25, 0.3) is 0 Å². The van der Waals surface area contributed by atoms with Crippen LogP contribution in [0.5, 0.6) is 0 Å². The maximum absolute atomic E-state index is 12.8. The molecule has 2 saturated heterocycles. The van der Waals surface area contributed by atoms with E-state index in [1.165, 1.54) is 12.8 Å². The number of hydrogen-bond acceptors (Lipinski definition) is 1. The summed E-state index contributed by atoms with van der Waals surface area (Å²) in [6.07, 6.45) is 3.69. The Balaban J connectivity index is 2.07. The zero-order chi connectivity index (χ0) is 6.27. The largest absolute Gasteiger partial charge is 0.308 e. The molecule has 9 heavy (non-hydrogen) atoms. The summed E-state index contributed by atoms with van der Waals surface area (Å²) in [7, 11) is 0. The van der Waals surface area contributed by atoms with Gasteiger partial charge in [-0.1, -0.05) is 6.42 Å². The average Bonchev–Trinajstić information content (AvgIpc) is 2.09. The first-order valence-corrected chi connectivity index (χ1v) is 3.76. The Kier molecular flexibility index (Phi) is 1.22. The Morgan fingerprint density at radius 1 is 1.33 bits per heavy atom. The van der Waals surface area contributed by atoms with Crippen LogP contribution in [-0.4, -0.2) is 18.3 Å². The highest BCUT2D eigenvalue weighted by Crippen LogP contribution is 2.28. The number of alkyl halides is 1. The summed E-state index contributed by atoms with van der Waals surface area (Å²) in [6, 6.07) is 0.725. The van der Waals surface area contributed by atoms with Gasteiger partial charge in [0.15, 0.2) is 0 Å². The van der Waals surface area contributed by atoms with E-state index in [2.05, 4.69) is 5.32 Å². The fraction of sp³-hybridized carbons (Fsp3) is 1.00. The molecule has 0 amide bonds. The van der Waals surface area contributed by atoms with Crippen molar-refractivity contribution < 1.29 is 4.39 Å². The van der Waals surface area contributed by atoms with E-state index in [4.69, 9.17) is 0 Å². The molecule has 2 fully saturated rings. The number of fused-ring (bicyclic) bond motifs is 2. The Bertz CT molecular complexity index is 113. The molecule has 0 radical (unpaired) electrons. The molecule has 1 N–H and O–H groups in total. The summed E-state index contributed by atoms with van der Waals surface area (Å²) in [5.74, 6) is 0. The summed E-state index contributed by atoms with van der Waals surface area (Å²) >= 11 is 0. The van der Waals surface area contributed by atoms with Gasteiger partial charge < -0.3 is 5.32 Å². The molecule has 0 aromatic heterocycles. The minimum Gasteiger partial charge on any atom is -0.308 e. The van der Waals surface area contributed by atoms with Crippen molar-refractivity contribution in [2.75, 3.05) is 0 Å². The maximum atomic E-state index is 12.8. The number of halogens is 1. The van der Waals surface area contributed by atoms with Gasteiger partial charge in [-0.15, -0.1) is 0 Å². The van der Waals surface area contributed by atoms with E-state index in [0.29, 0.717) is 6.04 Å². The van der Waals surface area contributed by atoms with E-state index in [0.717, 1.165) is 12.8 Å². The number of hydrogen-bond donors (Lipinski definition) is 1. The molecule has 0 aromatic rings. The van der Waals surface area contributed by atoms with Crippen molar-refractivity contribution in [1.29, 1.82) is 0 Å². The van der Waals surface area contributed by atoms with Crippen LogP contribution < -0.4 is 5.32 Å². The molecule has 2 aliphatic heterocycles. The predicted molar refractivity (Wildman–Crippen MR) is 34.1 cm³/mol. The van der Waals surface area contributed by atoms with Crippen LogP contribution in [0.1, 0.15) is 25.7 Å². The molecule has 0 unspecified atom stereocenters. The first-order chi connectivity index (χ1) is 4.36. The van der Waals surface area contributed by atoms with Crippen LogP contribution in [0.3, 0.4) is 0 Å². The van der Waals surface area contributed by atoms with E-state index in [9.17, 15) is 4.39 Å². The quantitative estimate of drug-likeness (QED) is 0.519. The normalized spacial score (nSPS) is 49.7. The van der Waals surface area contributed by atoms with Gasteiger partial charge in [-0.05, 0) is 19.3 Å². The van der Waals surface area contributed by atoms with Crippen molar-refractivity contribution in [3.05, 3.63) is 0 Å². The SMILES string of the molecule is F[C@H]1C[C@@H]2CCC[C@H]1N2. The van der Waals surface area contributed by atoms with Crippen LogP contribution in [0.4, 0.5) is 4.39 Å². The lowest BCUT2D eigenvalue weighted by molar-refractivity contribution is 0.288. The van der Waals surface area contributed by atoms with Crippen LogP contribution in [0.15, 0.2) is 0 Å². The van der Waals surface area contributed by atoms with Crippen molar-refractivity contribution in [2.24, 2.45) is 0 Å². The van der Waals surface area contributed by atoms with E-state index < -0.39 is 6.17 Å². The van der Waals surface area contributed by atoms with E-state index in [1.54, 1.807) is 0 Å². The van der Waals surface area contributed by atoms with Gasteiger partial charge in [0.25, 0.3) is 0 Å². The zero-order valence-electron chi connectivity index (χ0n) is 5.44. The maximum Gasteiger partial charge on any atom is 0.117 e. The summed E-state index contributed by atoms with van der Waals surface area (Å²) < 4.78 is 12.8. The van der Waals surface area contributed by atoms with Crippen molar-refractivity contribution in [3.63, 3.8) is 0 Å². The molecule has 2 heterocycles. The van der Waals surface area contributed by atoms with Gasteiger partial charge in [0, 0.05) is 12.1 Å². The lowest BCUT2D eigenvalue weighted by Gasteiger charge is -2.19. The molecule has 2 rings (SSSR count). The summed E-state index contributed by atoms with van der Waals surface area (Å²) in [4.78, 5) is 0. The molecule has 0 aromatic carbocycles. The lowest BCUT2D eigenvalue weighted by Crippen LogP contribution is -2.35. The van der Waals surface area contributed by atoms with Crippen LogP contribution in [0.2, 0.25) is 0 Å². The number of piperidine rings is 1. The Labute approximate surface area is 54.6 Å². The highest BCUT2D eigenvalue weighted by molar-refractivity contribution is 4.94. The minimum atomic E-state index is -0.544. The monoisotopic (exact) mass is 129 g/mol. The predicted octanol–water partition coefficient (Wildman–Crippen LogP) is 1.24. The Morgan fingerprint density at radius 3 is 2.89 bits per heavy atom. The molecule has 2 bridgehead atoms. The van der Waals surface area contributed by atoms with Gasteiger partial charge in [-0.3, -0.25) is 0 Å². The second-order valence-electron chi connectivity index (χ2n) is 3.15. The summed E-state index contributed by atoms with van der Waals surface area (Å²) in [6.45, 7) is 0. The van der Waals surface area contributed by atoms with Gasteiger partial charge in [-0.25, -0.2) is 4.39 Å². The van der Waals surface area contributed by atoms with Gasteiger partial charge in [-0.2, -0.15) is 0 Å². The van der Waals surface area contributed by atoms with Crippen molar-refractivity contribution in [2.45, 2.75) is 43.9 Å². The fourth-order valence-electron chi connectivity index (χ4n) is 1.96. The molecule has 1 nitrogen and oxygen atoms in total. The third kappa shape index (κ3) is 0.855. The second kappa shape index (κ2) is 1.94. The second-order valence-corrected chi connectivity index (χ2v) is 3.15. The topological polar surface area (TPSA) is 12.0 Å². The van der Waals surface area contributed by atoms with Gasteiger partial charge in [0.05, 0.1) is 0 Å². The summed E-state index contributed by atoms with van der Waals surface area (Å²) in [5, 5.41) is 3.27. The number of rotatable bonds is 0. The van der Waals surface area contributed by atoms with Gasteiger partial charge >= 0.3 is 0 Å². The third-order valence-corrected chi connectivity index (χ3v) is 2.46. The average molecular weight is 129 g/mol. The molecule has 52 valence electrons. The van der Waals surface area contributed by atoms with Crippen molar-refractivity contribution in [1.82, 2.24) is 5.32 Å². The third-order valence-electron chi connectivity index (χ3n) is 2.46. The minimum absolute atomic E-state index is 0.212. The molecule has 3 atom stereocenters. The van der Waals surface area contributed by atoms with Gasteiger partial charge in [0.2, 0.25) is 0 Å². The number of nitrogens with one attached hydrogen (secondary N) is 1. The van der Waals surface area contributed by atoms with E-state index in [-0.39, 0.29) is 6.04 Å². The molecule has 2 aliphatic rings. The zero-order valence-corrected chi connectivity index (χ0v) is 5.44. The Morgan fingerprint density at radius 2 is 2.22 bits per heavy atom. The summed E-state index contributed by atoms with van der Waals surface area (Å²) in [5.41, 5.74) is 0. The van der Waals surface area contributed by atoms with Crippen molar-refractivity contribution >= 4 is 0 Å². The molecule has 0 saturated carbocycles. The van der Waals surface area contributed by atoms with Crippen LogP contribution >= 0.6 is 0 Å². The van der Waals surface area contributed by atoms with Crippen molar-refractivity contribution in [3.8, 4) is 0 Å². The molecule has 2 heteroatoms. The molecule has 0 spiro atoms. The molecular formula is C7H12FN. The highest BCUT2D eigenvalue weighted by atomic mass is 19.1. The standard InChI is InChI=1S/C7H12FN/c8-6-4-5-2-1-3-7(6)9-5/h5-7,9H,1-4H2/t5-,6-,7+/m0/s1. The van der Waals surface area contributed by atoms with Gasteiger partial charge in [0.1, 0.15) is 6.17 Å². The smallest absolute Gasteiger partial charge is 0.117 e. The van der Waals surface area contributed by atoms with Crippen LogP contribution in [-0.2, 0) is 0 Å². The van der Waals surface area contributed by atoms with E-state index in [1.807, 2.05) is 0 Å². The fourth-order valence-corrected chi connectivity index (χ4v) is 1.96. The van der Waals surface area contributed by atoms with E-state index >= 15 is 0 Å².